The van der Waals surface area contributed by atoms with Crippen molar-refractivity contribution in [2.24, 2.45) is 12.8 Å². The van der Waals surface area contributed by atoms with Gasteiger partial charge >= 0.3 is 0 Å². The smallest absolute Gasteiger partial charge is 0.108 e. The van der Waals surface area contributed by atoms with E-state index in [0.29, 0.717) is 0 Å². The van der Waals surface area contributed by atoms with Gasteiger partial charge in [-0.1, -0.05) is 27.7 Å². The Morgan fingerprint density at radius 1 is 1.25 bits per heavy atom. The first-order valence-electron chi connectivity index (χ1n) is 8.02. The van der Waals surface area contributed by atoms with Crippen LogP contribution in [0.1, 0.15) is 52.8 Å². The van der Waals surface area contributed by atoms with E-state index < -0.39 is 0 Å². The average Bonchev–Trinajstić information content (AvgIpc) is 2.87. The molecule has 4 nitrogen and oxygen atoms in total. The maximum Gasteiger partial charge on any atom is 0.108 e. The SMILES string of the molecule is CCN(CC)C(CC)(CC)C(N)CCc1nccn1C. The molecule has 2 N–H and O–H groups in total. The summed E-state index contributed by atoms with van der Waals surface area (Å²) >= 11 is 0. The third-order valence-corrected chi connectivity index (χ3v) is 4.91. The molecule has 0 aliphatic heterocycles. The van der Waals surface area contributed by atoms with E-state index in [1.54, 1.807) is 0 Å². The molecule has 0 radical (unpaired) electrons. The molecule has 0 saturated heterocycles. The fourth-order valence-electron chi connectivity index (χ4n) is 3.50. The summed E-state index contributed by atoms with van der Waals surface area (Å²) in [4.78, 5) is 6.94. The van der Waals surface area contributed by atoms with E-state index in [2.05, 4.69) is 42.1 Å². The van der Waals surface area contributed by atoms with Gasteiger partial charge in [-0.25, -0.2) is 4.98 Å². The standard InChI is InChI=1S/C16H32N4/c1-6-16(7-2,20(8-3)9-4)14(17)10-11-15-18-12-13-19(15)5/h12-14H,6-11,17H2,1-5H3. The molecule has 0 amide bonds. The van der Waals surface area contributed by atoms with Gasteiger partial charge < -0.3 is 10.3 Å². The first-order chi connectivity index (χ1) is 9.55. The van der Waals surface area contributed by atoms with Gasteiger partial charge in [0.05, 0.1) is 0 Å². The minimum Gasteiger partial charge on any atom is -0.338 e. The van der Waals surface area contributed by atoms with Crippen molar-refractivity contribution >= 4 is 0 Å². The molecule has 1 atom stereocenters. The second kappa shape index (κ2) is 7.79. The van der Waals surface area contributed by atoms with Crippen LogP contribution < -0.4 is 5.73 Å². The topological polar surface area (TPSA) is 47.1 Å². The first-order valence-corrected chi connectivity index (χ1v) is 8.02. The summed E-state index contributed by atoms with van der Waals surface area (Å²) in [6, 6.07) is 0.189. The van der Waals surface area contributed by atoms with Gasteiger partial charge in [0.2, 0.25) is 0 Å². The first kappa shape index (κ1) is 17.2. The van der Waals surface area contributed by atoms with E-state index in [9.17, 15) is 0 Å². The molecule has 0 bridgehead atoms. The lowest BCUT2D eigenvalue weighted by molar-refractivity contribution is 0.0598. The Kier molecular flexibility index (Phi) is 6.69. The summed E-state index contributed by atoms with van der Waals surface area (Å²) in [6.45, 7) is 11.1. The highest BCUT2D eigenvalue weighted by molar-refractivity contribution is 4.99. The number of hydrogen-bond donors (Lipinski definition) is 1. The van der Waals surface area contributed by atoms with Crippen molar-refractivity contribution < 1.29 is 0 Å². The van der Waals surface area contributed by atoms with Crippen molar-refractivity contribution in [1.82, 2.24) is 14.5 Å². The molecule has 0 aliphatic rings. The van der Waals surface area contributed by atoms with Crippen LogP contribution in [0.2, 0.25) is 0 Å². The Morgan fingerprint density at radius 3 is 2.25 bits per heavy atom. The number of nitrogens with two attached hydrogens (primary N) is 1. The minimum absolute atomic E-state index is 0.120. The Bertz CT molecular complexity index is 378. The van der Waals surface area contributed by atoms with Gasteiger partial charge in [0, 0.05) is 37.4 Å². The van der Waals surface area contributed by atoms with E-state index in [1.165, 1.54) is 0 Å². The van der Waals surface area contributed by atoms with E-state index >= 15 is 0 Å². The predicted molar refractivity (Wildman–Crippen MR) is 85.7 cm³/mol. The largest absolute Gasteiger partial charge is 0.338 e. The van der Waals surface area contributed by atoms with E-state index in [-0.39, 0.29) is 11.6 Å². The van der Waals surface area contributed by atoms with Crippen LogP contribution in [0.3, 0.4) is 0 Å². The van der Waals surface area contributed by atoms with Crippen LogP contribution in [0.5, 0.6) is 0 Å². The van der Waals surface area contributed by atoms with Crippen molar-refractivity contribution in [3.05, 3.63) is 18.2 Å². The summed E-state index contributed by atoms with van der Waals surface area (Å²) in [7, 11) is 2.05. The second-order valence-electron chi connectivity index (χ2n) is 5.58. The van der Waals surface area contributed by atoms with Gasteiger partial charge in [0.25, 0.3) is 0 Å². The molecule has 0 aromatic carbocycles. The number of aromatic nitrogens is 2. The van der Waals surface area contributed by atoms with Crippen molar-refractivity contribution in [1.29, 1.82) is 0 Å². The lowest BCUT2D eigenvalue weighted by Crippen LogP contribution is -2.59. The summed E-state index contributed by atoms with van der Waals surface area (Å²) in [5, 5.41) is 0. The van der Waals surface area contributed by atoms with Crippen LogP contribution >= 0.6 is 0 Å². The van der Waals surface area contributed by atoms with E-state index in [1.807, 2.05) is 19.4 Å². The zero-order valence-electron chi connectivity index (χ0n) is 13.9. The van der Waals surface area contributed by atoms with Crippen LogP contribution in [0, 0.1) is 0 Å². The van der Waals surface area contributed by atoms with Crippen LogP contribution in [-0.4, -0.2) is 39.1 Å². The number of hydrogen-bond acceptors (Lipinski definition) is 3. The number of aryl methyl sites for hydroxylation is 2. The van der Waals surface area contributed by atoms with Crippen molar-refractivity contribution in [3.63, 3.8) is 0 Å². The predicted octanol–water partition coefficient (Wildman–Crippen LogP) is 2.58. The quantitative estimate of drug-likeness (QED) is 0.756. The minimum atomic E-state index is 0.120. The van der Waals surface area contributed by atoms with Gasteiger partial charge in [0.15, 0.2) is 0 Å². The maximum atomic E-state index is 6.61. The maximum absolute atomic E-state index is 6.61. The van der Waals surface area contributed by atoms with Crippen LogP contribution in [0.4, 0.5) is 0 Å². The van der Waals surface area contributed by atoms with Gasteiger partial charge in [-0.15, -0.1) is 0 Å². The highest BCUT2D eigenvalue weighted by Crippen LogP contribution is 2.29. The average molecular weight is 280 g/mol. The molecule has 4 heteroatoms. The van der Waals surface area contributed by atoms with E-state index in [0.717, 1.165) is 44.6 Å². The zero-order valence-corrected chi connectivity index (χ0v) is 13.9. The third kappa shape index (κ3) is 3.41. The highest BCUT2D eigenvalue weighted by Gasteiger charge is 2.37. The molecular weight excluding hydrogens is 248 g/mol. The van der Waals surface area contributed by atoms with Crippen LogP contribution in [-0.2, 0) is 13.5 Å². The van der Waals surface area contributed by atoms with Crippen molar-refractivity contribution in [2.45, 2.75) is 65.0 Å². The highest BCUT2D eigenvalue weighted by atomic mass is 15.2. The van der Waals surface area contributed by atoms with Crippen molar-refractivity contribution in [3.8, 4) is 0 Å². The molecule has 1 heterocycles. The van der Waals surface area contributed by atoms with Gasteiger partial charge in [0.1, 0.15) is 5.82 Å². The van der Waals surface area contributed by atoms with Crippen molar-refractivity contribution in [2.75, 3.05) is 13.1 Å². The molecule has 1 aromatic heterocycles. The number of likely N-dealkylation sites (N-methyl/N-ethyl adjacent to an activating group) is 1. The Balaban J connectivity index is 2.78. The van der Waals surface area contributed by atoms with Crippen LogP contribution in [0.25, 0.3) is 0 Å². The third-order valence-electron chi connectivity index (χ3n) is 4.91. The monoisotopic (exact) mass is 280 g/mol. The lowest BCUT2D eigenvalue weighted by Gasteiger charge is -2.46. The normalized spacial score (nSPS) is 13.9. The lowest BCUT2D eigenvalue weighted by atomic mass is 9.80. The fourth-order valence-corrected chi connectivity index (χ4v) is 3.50. The Labute approximate surface area is 124 Å². The summed E-state index contributed by atoms with van der Waals surface area (Å²) < 4.78 is 2.09. The van der Waals surface area contributed by atoms with Gasteiger partial charge in [-0.2, -0.15) is 0 Å². The number of nitrogens with zero attached hydrogens (tertiary/aromatic N) is 3. The molecule has 1 aromatic rings. The molecular formula is C16H32N4. The molecule has 0 spiro atoms. The molecule has 1 unspecified atom stereocenters. The molecule has 0 aliphatic carbocycles. The molecule has 1 rings (SSSR count). The molecule has 0 fully saturated rings. The van der Waals surface area contributed by atoms with Gasteiger partial charge in [-0.05, 0) is 32.4 Å². The van der Waals surface area contributed by atoms with E-state index in [4.69, 9.17) is 5.73 Å². The zero-order chi connectivity index (χ0) is 15.2. The summed E-state index contributed by atoms with van der Waals surface area (Å²) in [5.74, 6) is 1.13. The van der Waals surface area contributed by atoms with Gasteiger partial charge in [-0.3, -0.25) is 4.90 Å². The fraction of sp³-hybridized carbons (Fsp3) is 0.812. The molecule has 116 valence electrons. The Morgan fingerprint density at radius 2 is 1.85 bits per heavy atom. The summed E-state index contributed by atoms with van der Waals surface area (Å²) in [5.41, 5.74) is 6.73. The second-order valence-corrected chi connectivity index (χ2v) is 5.58. The molecule has 0 saturated carbocycles. The Hall–Kier alpha value is -0.870. The van der Waals surface area contributed by atoms with Crippen LogP contribution in [0.15, 0.2) is 12.4 Å². The summed E-state index contributed by atoms with van der Waals surface area (Å²) in [6.07, 6.45) is 8.01. The number of rotatable bonds is 9. The number of imidazole rings is 1. The molecule has 20 heavy (non-hydrogen) atoms.